The molecule has 1 fully saturated rings. The van der Waals surface area contributed by atoms with E-state index in [1.165, 1.54) is 53.5 Å². The van der Waals surface area contributed by atoms with Crippen LogP contribution in [-0.4, -0.2) is 6.61 Å². The predicted octanol–water partition coefficient (Wildman–Crippen LogP) is 11.0. The van der Waals surface area contributed by atoms with Crippen LogP contribution in [0.1, 0.15) is 108 Å². The van der Waals surface area contributed by atoms with Crippen LogP contribution in [-0.2, 0) is 19.3 Å². The Labute approximate surface area is 237 Å². The van der Waals surface area contributed by atoms with E-state index in [2.05, 4.69) is 77.9 Å². The standard InChI is InChI=1S/C37H49FO/c1-7-26(8-2)24-39-37-27(9-3)22-35(32(10-4)33(37)11-5)30-18-16-29(17-19-30)34-21-20-31(23-36(34)38)28-14-12-25(6)13-15-28/h16-23,25-26,28H,7-15,24H2,1-6H3. The molecule has 0 amide bonds. The van der Waals surface area contributed by atoms with Gasteiger partial charge in [-0.15, -0.1) is 0 Å². The Morgan fingerprint density at radius 3 is 1.90 bits per heavy atom. The Balaban J connectivity index is 1.63. The van der Waals surface area contributed by atoms with Gasteiger partial charge >= 0.3 is 0 Å². The van der Waals surface area contributed by atoms with Crippen LogP contribution in [0.25, 0.3) is 22.3 Å². The first kappa shape index (κ1) is 29.4. The van der Waals surface area contributed by atoms with Crippen molar-refractivity contribution in [2.75, 3.05) is 6.61 Å². The van der Waals surface area contributed by atoms with Gasteiger partial charge in [-0.3, -0.25) is 0 Å². The monoisotopic (exact) mass is 528 g/mol. The molecule has 0 atom stereocenters. The highest BCUT2D eigenvalue weighted by molar-refractivity contribution is 5.75. The molecule has 1 saturated carbocycles. The van der Waals surface area contributed by atoms with E-state index < -0.39 is 0 Å². The molecular weight excluding hydrogens is 479 g/mol. The topological polar surface area (TPSA) is 9.23 Å². The molecule has 4 rings (SSSR count). The van der Waals surface area contributed by atoms with Crippen LogP contribution in [0.5, 0.6) is 5.75 Å². The summed E-state index contributed by atoms with van der Waals surface area (Å²) in [5.41, 5.74) is 9.29. The molecule has 210 valence electrons. The van der Waals surface area contributed by atoms with E-state index in [-0.39, 0.29) is 5.82 Å². The largest absolute Gasteiger partial charge is 0.493 e. The van der Waals surface area contributed by atoms with Gasteiger partial charge in [-0.2, -0.15) is 0 Å². The Bertz CT molecular complexity index is 1210. The highest BCUT2D eigenvalue weighted by Crippen LogP contribution is 2.39. The van der Waals surface area contributed by atoms with Gasteiger partial charge in [0.05, 0.1) is 6.61 Å². The van der Waals surface area contributed by atoms with Gasteiger partial charge in [0.1, 0.15) is 11.6 Å². The summed E-state index contributed by atoms with van der Waals surface area (Å²) in [5, 5.41) is 0. The number of rotatable bonds is 11. The van der Waals surface area contributed by atoms with Crippen LogP contribution >= 0.6 is 0 Å². The SMILES string of the molecule is CCc1cc(-c2ccc(-c3ccc(C4CCC(C)CC4)cc3F)cc2)c(CC)c(CC)c1OCC(CC)CC. The number of hydrogen-bond acceptors (Lipinski definition) is 1. The summed E-state index contributed by atoms with van der Waals surface area (Å²) in [6.07, 6.45) is 10.0. The van der Waals surface area contributed by atoms with Gasteiger partial charge in [0.2, 0.25) is 0 Å². The van der Waals surface area contributed by atoms with E-state index in [1.807, 2.05) is 6.07 Å². The first-order valence-electron chi connectivity index (χ1n) is 15.6. The molecule has 0 bridgehead atoms. The number of halogens is 1. The van der Waals surface area contributed by atoms with Crippen LogP contribution in [0.3, 0.4) is 0 Å². The minimum absolute atomic E-state index is 0.103. The van der Waals surface area contributed by atoms with Gasteiger partial charge in [0, 0.05) is 5.56 Å². The van der Waals surface area contributed by atoms with E-state index in [0.29, 0.717) is 17.4 Å². The average Bonchev–Trinajstić information content (AvgIpc) is 2.97. The van der Waals surface area contributed by atoms with E-state index in [1.54, 1.807) is 6.07 Å². The van der Waals surface area contributed by atoms with Crippen molar-refractivity contribution in [2.45, 2.75) is 105 Å². The summed E-state index contributed by atoms with van der Waals surface area (Å²) < 4.78 is 21.9. The van der Waals surface area contributed by atoms with Crippen molar-refractivity contribution in [3.8, 4) is 28.0 Å². The van der Waals surface area contributed by atoms with Crippen LogP contribution in [0.4, 0.5) is 4.39 Å². The lowest BCUT2D eigenvalue weighted by Gasteiger charge is -2.26. The van der Waals surface area contributed by atoms with Gasteiger partial charge in [-0.1, -0.05) is 104 Å². The first-order valence-corrected chi connectivity index (χ1v) is 15.6. The van der Waals surface area contributed by atoms with Crippen molar-refractivity contribution in [3.05, 3.63) is 76.6 Å². The molecule has 0 N–H and O–H groups in total. The number of benzene rings is 3. The smallest absolute Gasteiger partial charge is 0.131 e. The summed E-state index contributed by atoms with van der Waals surface area (Å²) in [7, 11) is 0. The Morgan fingerprint density at radius 1 is 0.744 bits per heavy atom. The molecule has 0 aliphatic heterocycles. The number of ether oxygens (including phenoxy) is 1. The molecular formula is C37H49FO. The lowest BCUT2D eigenvalue weighted by molar-refractivity contribution is 0.236. The molecule has 1 aliphatic carbocycles. The van der Waals surface area contributed by atoms with Crippen molar-refractivity contribution in [1.29, 1.82) is 0 Å². The molecule has 0 unspecified atom stereocenters. The van der Waals surface area contributed by atoms with E-state index in [9.17, 15) is 0 Å². The molecule has 0 spiro atoms. The summed E-state index contributed by atoms with van der Waals surface area (Å²) in [4.78, 5) is 0. The lowest BCUT2D eigenvalue weighted by atomic mass is 9.79. The van der Waals surface area contributed by atoms with Gasteiger partial charge in [0.15, 0.2) is 0 Å². The summed E-state index contributed by atoms with van der Waals surface area (Å²) in [6.45, 7) is 14.3. The summed E-state index contributed by atoms with van der Waals surface area (Å²) in [6, 6.07) is 16.8. The molecule has 1 nitrogen and oxygen atoms in total. The number of hydrogen-bond donors (Lipinski definition) is 0. The maximum absolute atomic E-state index is 15.3. The molecule has 3 aromatic rings. The van der Waals surface area contributed by atoms with Crippen LogP contribution in [0, 0.1) is 17.7 Å². The second kappa shape index (κ2) is 13.6. The zero-order valence-corrected chi connectivity index (χ0v) is 25.2. The Hall–Kier alpha value is -2.61. The van der Waals surface area contributed by atoms with Crippen LogP contribution in [0.15, 0.2) is 48.5 Å². The fraction of sp³-hybridized carbons (Fsp3) is 0.514. The molecule has 0 saturated heterocycles. The second-order valence-electron chi connectivity index (χ2n) is 11.7. The molecule has 2 heteroatoms. The minimum atomic E-state index is -0.103. The Kier molecular flexibility index (Phi) is 10.3. The lowest BCUT2D eigenvalue weighted by Crippen LogP contribution is -2.13. The fourth-order valence-electron chi connectivity index (χ4n) is 6.47. The average molecular weight is 529 g/mol. The van der Waals surface area contributed by atoms with Crippen molar-refractivity contribution in [3.63, 3.8) is 0 Å². The van der Waals surface area contributed by atoms with E-state index >= 15 is 4.39 Å². The molecule has 0 heterocycles. The van der Waals surface area contributed by atoms with E-state index in [0.717, 1.165) is 61.5 Å². The fourth-order valence-corrected chi connectivity index (χ4v) is 6.47. The van der Waals surface area contributed by atoms with Gasteiger partial charge in [0.25, 0.3) is 0 Å². The second-order valence-corrected chi connectivity index (χ2v) is 11.7. The van der Waals surface area contributed by atoms with Crippen molar-refractivity contribution in [2.24, 2.45) is 11.8 Å². The zero-order chi connectivity index (χ0) is 27.9. The molecule has 39 heavy (non-hydrogen) atoms. The van der Waals surface area contributed by atoms with Gasteiger partial charge < -0.3 is 4.74 Å². The van der Waals surface area contributed by atoms with Crippen LogP contribution in [0.2, 0.25) is 0 Å². The van der Waals surface area contributed by atoms with Gasteiger partial charge in [-0.05, 0) is 101 Å². The summed E-state index contributed by atoms with van der Waals surface area (Å²) in [5.74, 6) is 2.91. The zero-order valence-electron chi connectivity index (χ0n) is 25.2. The first-order chi connectivity index (χ1) is 18.9. The normalized spacial score (nSPS) is 17.5. The predicted molar refractivity (Wildman–Crippen MR) is 165 cm³/mol. The van der Waals surface area contributed by atoms with Crippen LogP contribution < -0.4 is 4.74 Å². The molecule has 3 aromatic carbocycles. The third-order valence-electron chi connectivity index (χ3n) is 9.27. The molecule has 0 radical (unpaired) electrons. The van der Waals surface area contributed by atoms with Crippen molar-refractivity contribution >= 4 is 0 Å². The highest BCUT2D eigenvalue weighted by Gasteiger charge is 2.22. The highest BCUT2D eigenvalue weighted by atomic mass is 19.1. The molecule has 0 aromatic heterocycles. The Morgan fingerprint density at radius 2 is 1.36 bits per heavy atom. The third-order valence-corrected chi connectivity index (χ3v) is 9.27. The third kappa shape index (κ3) is 6.59. The molecule has 1 aliphatic rings. The summed E-state index contributed by atoms with van der Waals surface area (Å²) >= 11 is 0. The van der Waals surface area contributed by atoms with Crippen molar-refractivity contribution in [1.82, 2.24) is 0 Å². The maximum atomic E-state index is 15.3. The maximum Gasteiger partial charge on any atom is 0.131 e. The quantitative estimate of drug-likeness (QED) is 0.240. The number of aryl methyl sites for hydroxylation is 1. The van der Waals surface area contributed by atoms with E-state index in [4.69, 9.17) is 4.74 Å². The minimum Gasteiger partial charge on any atom is -0.493 e. The van der Waals surface area contributed by atoms with Crippen molar-refractivity contribution < 1.29 is 9.13 Å². The van der Waals surface area contributed by atoms with Gasteiger partial charge in [-0.25, -0.2) is 4.39 Å².